The topological polar surface area (TPSA) is 55.8 Å². The molecule has 214 valence electrons. The molecule has 0 radical (unpaired) electrons. The monoisotopic (exact) mass is 542 g/mol. The van der Waals surface area contributed by atoms with Gasteiger partial charge >= 0.3 is 0 Å². The molecule has 3 aromatic carbocycles. The van der Waals surface area contributed by atoms with Crippen molar-refractivity contribution in [2.45, 2.75) is 96.9 Å². The summed E-state index contributed by atoms with van der Waals surface area (Å²) in [5.41, 5.74) is 2.85. The molecule has 40 heavy (non-hydrogen) atoms. The molecule has 4 heteroatoms. The fourth-order valence-electron chi connectivity index (χ4n) is 4.69. The van der Waals surface area contributed by atoms with Crippen LogP contribution in [0, 0.1) is 0 Å². The third-order valence-corrected chi connectivity index (χ3v) is 7.03. The van der Waals surface area contributed by atoms with E-state index in [0.717, 1.165) is 12.0 Å². The molecular formula is C36H46O4. The van der Waals surface area contributed by atoms with Crippen molar-refractivity contribution in [2.24, 2.45) is 0 Å². The molecule has 0 aliphatic carbocycles. The first-order chi connectivity index (χ1) is 19.7. The molecule has 1 atom stereocenters. The zero-order valence-electron chi connectivity index (χ0n) is 24.1. The van der Waals surface area contributed by atoms with Gasteiger partial charge in [-0.1, -0.05) is 125 Å². The number of ketones is 1. The summed E-state index contributed by atoms with van der Waals surface area (Å²) in [5, 5.41) is 10.3. The number of carbonyl (C=O) groups excluding carboxylic acids is 1. The van der Waals surface area contributed by atoms with Gasteiger partial charge in [-0.2, -0.15) is 0 Å². The van der Waals surface area contributed by atoms with E-state index in [0.29, 0.717) is 23.7 Å². The van der Waals surface area contributed by atoms with Crippen molar-refractivity contribution >= 4 is 5.78 Å². The minimum atomic E-state index is -1.12. The van der Waals surface area contributed by atoms with Crippen LogP contribution >= 0.6 is 0 Å². The number of aliphatic hydroxyl groups is 1. The van der Waals surface area contributed by atoms with Crippen LogP contribution in [-0.2, 0) is 13.0 Å². The molecule has 0 spiro atoms. The summed E-state index contributed by atoms with van der Waals surface area (Å²) in [6.07, 6.45) is 16.6. The number of para-hydroxylation sites is 1. The molecule has 4 nitrogen and oxygen atoms in total. The highest BCUT2D eigenvalue weighted by atomic mass is 16.6. The number of benzene rings is 3. The summed E-state index contributed by atoms with van der Waals surface area (Å²) in [5.74, 6) is 1.08. The van der Waals surface area contributed by atoms with Crippen molar-refractivity contribution in [3.05, 3.63) is 108 Å². The molecule has 0 heterocycles. The summed E-state index contributed by atoms with van der Waals surface area (Å²) < 4.78 is 11.5. The normalized spacial score (nSPS) is 11.9. The number of hydrogen-bond acceptors (Lipinski definition) is 4. The predicted molar refractivity (Wildman–Crippen MR) is 164 cm³/mol. The van der Waals surface area contributed by atoms with E-state index < -0.39 is 6.29 Å². The average Bonchev–Trinajstić information content (AvgIpc) is 2.98. The van der Waals surface area contributed by atoms with E-state index in [2.05, 4.69) is 19.1 Å². The number of unbranched alkanes of at least 4 members (excludes halogenated alkanes) is 9. The smallest absolute Gasteiger partial charge is 0.217 e. The lowest BCUT2D eigenvalue weighted by Crippen LogP contribution is -2.12. The predicted octanol–water partition coefficient (Wildman–Crippen LogP) is 9.26. The second kappa shape index (κ2) is 18.8. The Morgan fingerprint density at radius 2 is 1.38 bits per heavy atom. The third kappa shape index (κ3) is 12.2. The van der Waals surface area contributed by atoms with Gasteiger partial charge in [-0.25, -0.2) is 0 Å². The van der Waals surface area contributed by atoms with E-state index in [-0.39, 0.29) is 12.2 Å². The first-order valence-corrected chi connectivity index (χ1v) is 15.0. The molecule has 1 unspecified atom stereocenters. The highest BCUT2D eigenvalue weighted by Gasteiger charge is 2.11. The second-order valence-electron chi connectivity index (χ2n) is 10.4. The van der Waals surface area contributed by atoms with Crippen molar-refractivity contribution in [3.8, 4) is 11.5 Å². The molecule has 0 bridgehead atoms. The van der Waals surface area contributed by atoms with Gasteiger partial charge in [-0.15, -0.1) is 0 Å². The summed E-state index contributed by atoms with van der Waals surface area (Å²) >= 11 is 0. The second-order valence-corrected chi connectivity index (χ2v) is 10.4. The SMILES string of the molecule is CCCCCCCCCCCCc1ccc(OC(O)C=CCC(=O)c2ccccc2OCc2ccccc2)cc1. The van der Waals surface area contributed by atoms with E-state index in [9.17, 15) is 9.90 Å². The van der Waals surface area contributed by atoms with Crippen molar-refractivity contribution in [2.75, 3.05) is 0 Å². The Hall–Kier alpha value is -3.37. The molecular weight excluding hydrogens is 496 g/mol. The molecule has 1 N–H and O–H groups in total. The van der Waals surface area contributed by atoms with Crippen LogP contribution in [-0.4, -0.2) is 17.2 Å². The number of rotatable bonds is 20. The average molecular weight is 543 g/mol. The number of aliphatic hydroxyl groups excluding tert-OH is 1. The van der Waals surface area contributed by atoms with Gasteiger partial charge in [0.15, 0.2) is 5.78 Å². The maximum atomic E-state index is 12.8. The lowest BCUT2D eigenvalue weighted by Gasteiger charge is -2.11. The largest absolute Gasteiger partial charge is 0.488 e. The summed E-state index contributed by atoms with van der Waals surface area (Å²) in [6.45, 7) is 2.66. The van der Waals surface area contributed by atoms with Crippen LogP contribution in [0.25, 0.3) is 0 Å². The number of allylic oxidation sites excluding steroid dienone is 1. The first kappa shape index (κ1) is 31.2. The Labute approximate surface area is 241 Å². The van der Waals surface area contributed by atoms with E-state index >= 15 is 0 Å². The van der Waals surface area contributed by atoms with Gasteiger partial charge in [0.25, 0.3) is 0 Å². The lowest BCUT2D eigenvalue weighted by atomic mass is 10.0. The quantitative estimate of drug-likeness (QED) is 0.0669. The Morgan fingerprint density at radius 1 is 0.750 bits per heavy atom. The van der Waals surface area contributed by atoms with E-state index in [1.54, 1.807) is 18.2 Å². The van der Waals surface area contributed by atoms with E-state index in [1.807, 2.05) is 54.6 Å². The van der Waals surface area contributed by atoms with Crippen LogP contribution in [0.3, 0.4) is 0 Å². The van der Waals surface area contributed by atoms with Gasteiger partial charge in [0.05, 0.1) is 5.56 Å². The van der Waals surface area contributed by atoms with Crippen molar-refractivity contribution < 1.29 is 19.4 Å². The Balaban J connectivity index is 1.33. The number of Topliss-reactive ketones (excluding diaryl/α,β-unsaturated/α-hetero) is 1. The van der Waals surface area contributed by atoms with Gasteiger partial charge in [0, 0.05) is 6.42 Å². The maximum Gasteiger partial charge on any atom is 0.217 e. The van der Waals surface area contributed by atoms with Gasteiger partial charge in [-0.3, -0.25) is 4.79 Å². The van der Waals surface area contributed by atoms with Gasteiger partial charge in [-0.05, 0) is 54.3 Å². The van der Waals surface area contributed by atoms with Gasteiger partial charge in [0.1, 0.15) is 18.1 Å². The molecule has 0 amide bonds. The molecule has 0 saturated heterocycles. The number of aryl methyl sites for hydroxylation is 1. The van der Waals surface area contributed by atoms with Gasteiger partial charge < -0.3 is 14.6 Å². The molecule has 3 aromatic rings. The molecule has 0 saturated carbocycles. The molecule has 0 fully saturated rings. The maximum absolute atomic E-state index is 12.8. The zero-order chi connectivity index (χ0) is 28.3. The Kier molecular flexibility index (Phi) is 14.7. The highest BCUT2D eigenvalue weighted by molar-refractivity contribution is 5.99. The lowest BCUT2D eigenvalue weighted by molar-refractivity contribution is 0.0246. The number of ether oxygens (including phenoxy) is 2. The fraction of sp³-hybridized carbons (Fsp3) is 0.417. The number of carbonyl (C=O) groups is 1. The minimum absolute atomic E-state index is 0.0801. The van der Waals surface area contributed by atoms with Crippen molar-refractivity contribution in [1.29, 1.82) is 0 Å². The third-order valence-electron chi connectivity index (χ3n) is 7.03. The van der Waals surface area contributed by atoms with Crippen LogP contribution in [0.1, 0.15) is 99.0 Å². The van der Waals surface area contributed by atoms with Crippen LogP contribution < -0.4 is 9.47 Å². The van der Waals surface area contributed by atoms with Crippen LogP contribution in [0.2, 0.25) is 0 Å². The van der Waals surface area contributed by atoms with Crippen LogP contribution in [0.5, 0.6) is 11.5 Å². The zero-order valence-corrected chi connectivity index (χ0v) is 24.1. The minimum Gasteiger partial charge on any atom is -0.488 e. The van der Waals surface area contributed by atoms with E-state index in [4.69, 9.17) is 9.47 Å². The Morgan fingerprint density at radius 3 is 2.08 bits per heavy atom. The Bertz CT molecular complexity index is 1120. The summed E-state index contributed by atoms with van der Waals surface area (Å²) in [6, 6.07) is 25.0. The molecule has 0 aromatic heterocycles. The van der Waals surface area contributed by atoms with E-state index in [1.165, 1.54) is 75.8 Å². The molecule has 0 aliphatic heterocycles. The number of hydrogen-bond donors (Lipinski definition) is 1. The summed E-state index contributed by atoms with van der Waals surface area (Å²) in [7, 11) is 0. The highest BCUT2D eigenvalue weighted by Crippen LogP contribution is 2.22. The summed E-state index contributed by atoms with van der Waals surface area (Å²) in [4.78, 5) is 12.8. The molecule has 3 rings (SSSR count). The standard InChI is InChI=1S/C36H46O4/c1-2-3-4-5-6-7-8-9-10-12-18-30-25-27-32(28-26-30)40-36(38)24-17-22-34(37)33-21-15-16-23-35(33)39-29-31-19-13-11-14-20-31/h11,13-17,19-21,23-28,36,38H,2-10,12,18,22,29H2,1H3. The van der Waals surface area contributed by atoms with Crippen molar-refractivity contribution in [1.82, 2.24) is 0 Å². The van der Waals surface area contributed by atoms with Gasteiger partial charge in [0.2, 0.25) is 6.29 Å². The molecule has 0 aliphatic rings. The van der Waals surface area contributed by atoms with Crippen molar-refractivity contribution in [3.63, 3.8) is 0 Å². The first-order valence-electron chi connectivity index (χ1n) is 15.0. The van der Waals surface area contributed by atoms with Crippen LogP contribution in [0.15, 0.2) is 91.0 Å². The fourth-order valence-corrected chi connectivity index (χ4v) is 4.69. The van der Waals surface area contributed by atoms with Crippen LogP contribution in [0.4, 0.5) is 0 Å².